The molecule has 0 saturated heterocycles. The van der Waals surface area contributed by atoms with E-state index in [1.807, 2.05) is 26.0 Å². The molecule has 4 nitrogen and oxygen atoms in total. The zero-order chi connectivity index (χ0) is 18.5. The maximum absolute atomic E-state index is 13.1. The van der Waals surface area contributed by atoms with Crippen molar-refractivity contribution in [3.05, 3.63) is 50.1 Å². The van der Waals surface area contributed by atoms with Gasteiger partial charge in [0.05, 0.1) is 35.1 Å². The van der Waals surface area contributed by atoms with Crippen LogP contribution in [0.1, 0.15) is 18.1 Å². The molecule has 2 aromatic carbocycles. The Labute approximate surface area is 146 Å². The number of hydrogen-bond acceptors (Lipinski definition) is 3. The first kappa shape index (κ1) is 15.2. The molecule has 0 spiro atoms. The highest BCUT2D eigenvalue weighted by Crippen LogP contribution is 2.36. The highest BCUT2D eigenvalue weighted by molar-refractivity contribution is 6.33. The molecule has 1 heterocycles. The van der Waals surface area contributed by atoms with Gasteiger partial charge in [-0.2, -0.15) is 0 Å². The predicted octanol–water partition coefficient (Wildman–Crippen LogP) is 3.94. The van der Waals surface area contributed by atoms with Gasteiger partial charge in [0.1, 0.15) is 7.63 Å². The molecule has 3 rings (SSSR count). The van der Waals surface area contributed by atoms with Gasteiger partial charge in [0.15, 0.2) is 11.2 Å². The van der Waals surface area contributed by atoms with Gasteiger partial charge in [-0.05, 0) is 55.7 Å². The second kappa shape index (κ2) is 5.95. The zero-order valence-corrected chi connectivity index (χ0v) is 14.7. The molecule has 5 heteroatoms. The molecule has 0 bridgehead atoms. The van der Waals surface area contributed by atoms with E-state index in [0.29, 0.717) is 38.1 Å². The fourth-order valence-corrected chi connectivity index (χ4v) is 3.50. The Balaban J connectivity index is 2.71. The number of carbonyl (C=O) groups excluding carboxylic acids is 1. The largest absolute Gasteiger partial charge is 0.493 e. The summed E-state index contributed by atoms with van der Waals surface area (Å²) in [7, 11) is 1.47. The predicted molar refractivity (Wildman–Crippen MR) is 97.6 cm³/mol. The molecule has 0 aliphatic carbocycles. The van der Waals surface area contributed by atoms with E-state index in [1.165, 1.54) is 7.11 Å². The van der Waals surface area contributed by atoms with Crippen molar-refractivity contribution in [1.29, 1.82) is 0 Å². The molecule has 0 aliphatic heterocycles. The fraction of sp³-hybridized carbons (Fsp3) is 0.263. The zero-order valence-electron chi connectivity index (χ0n) is 15.0. The maximum Gasteiger partial charge on any atom is 0.197 e. The summed E-state index contributed by atoms with van der Waals surface area (Å²) >= 11 is 6.30. The van der Waals surface area contributed by atoms with Crippen LogP contribution < -0.4 is 10.2 Å². The van der Waals surface area contributed by atoms with Gasteiger partial charge in [-0.1, -0.05) is 11.6 Å². The minimum absolute atomic E-state index is 0.130. The van der Waals surface area contributed by atoms with E-state index >= 15 is 0 Å². The third-order valence-corrected chi connectivity index (χ3v) is 4.76. The summed E-state index contributed by atoms with van der Waals surface area (Å²) in [5.74, 6) is 0.334. The quantitative estimate of drug-likeness (QED) is 0.533. The Hall–Kier alpha value is -2.33. The second-order valence-electron chi connectivity index (χ2n) is 5.95. The van der Waals surface area contributed by atoms with Crippen molar-refractivity contribution >= 4 is 39.7 Å². The Morgan fingerprint density at radius 1 is 1.21 bits per heavy atom. The normalized spacial score (nSPS) is 11.8. The molecule has 0 saturated carbocycles. The van der Waals surface area contributed by atoms with Crippen LogP contribution in [0.3, 0.4) is 0 Å². The number of pyridine rings is 1. The number of hydrogen-bond donors (Lipinski definition) is 0. The Morgan fingerprint density at radius 3 is 2.50 bits per heavy atom. The molecule has 1 aromatic heterocycles. The van der Waals surface area contributed by atoms with E-state index in [2.05, 4.69) is 0 Å². The molecule has 0 fully saturated rings. The van der Waals surface area contributed by atoms with Gasteiger partial charge in [-0.3, -0.25) is 4.79 Å². The molecule has 0 radical (unpaired) electrons. The number of fused-ring (bicyclic) bond motifs is 2. The topological polar surface area (TPSA) is 48.3 Å². The molecular weight excluding hydrogens is 326 g/mol. The summed E-state index contributed by atoms with van der Waals surface area (Å²) in [6.07, 6.45) is -0.760. The number of benzene rings is 2. The van der Waals surface area contributed by atoms with Crippen LogP contribution in [0.4, 0.5) is 0 Å². The fourth-order valence-electron chi connectivity index (χ4n) is 3.17. The van der Waals surface area contributed by atoms with Gasteiger partial charge in [-0.25, -0.2) is 0 Å². The van der Waals surface area contributed by atoms with Crippen molar-refractivity contribution in [2.75, 3.05) is 7.11 Å². The van der Waals surface area contributed by atoms with Gasteiger partial charge < -0.3 is 14.1 Å². The summed E-state index contributed by atoms with van der Waals surface area (Å²) in [5, 5.41) is 1.34. The van der Waals surface area contributed by atoms with Crippen LogP contribution in [0.25, 0.3) is 21.8 Å². The van der Waals surface area contributed by atoms with Gasteiger partial charge in [-0.15, -0.1) is 0 Å². The number of nitrogens with zero attached hydrogens (tertiary/aromatic N) is 1. The number of rotatable bonds is 3. The van der Waals surface area contributed by atoms with Crippen LogP contribution in [0.15, 0.2) is 23.0 Å². The van der Waals surface area contributed by atoms with Crippen LogP contribution in [-0.2, 0) is 11.3 Å². The van der Waals surface area contributed by atoms with Crippen molar-refractivity contribution < 1.29 is 10.9 Å². The van der Waals surface area contributed by atoms with Gasteiger partial charge >= 0.3 is 0 Å². The summed E-state index contributed by atoms with van der Waals surface area (Å²) in [6.45, 7) is 5.49. The average Bonchev–Trinajstić information content (AvgIpc) is 2.52. The van der Waals surface area contributed by atoms with Crippen molar-refractivity contribution in [3.63, 3.8) is 0 Å². The molecule has 3 aromatic rings. The molecule has 0 amide bonds. The SMILES string of the molecule is [3H]C(=O)Cn1c2cc(C)c(C)cc2c(=O)c2c(C)cc(Cl)c(OC)c21. The minimum Gasteiger partial charge on any atom is -0.493 e. The smallest absolute Gasteiger partial charge is 0.197 e. The van der Waals surface area contributed by atoms with E-state index in [4.69, 9.17) is 17.7 Å². The Bertz CT molecular complexity index is 1100. The minimum atomic E-state index is -0.760. The lowest BCUT2D eigenvalue weighted by Crippen LogP contribution is -2.15. The first-order valence-electron chi connectivity index (χ1n) is 8.06. The lowest BCUT2D eigenvalue weighted by Gasteiger charge is -2.18. The van der Waals surface area contributed by atoms with Gasteiger partial charge in [0.25, 0.3) is 0 Å². The molecule has 0 N–H and O–H groups in total. The monoisotopic (exact) mass is 345 g/mol. The molecular formula is C19H18ClNO3. The first-order chi connectivity index (χ1) is 11.8. The Kier molecular flexibility index (Phi) is 3.77. The summed E-state index contributed by atoms with van der Waals surface area (Å²) in [5.41, 5.74) is 3.61. The van der Waals surface area contributed by atoms with Crippen molar-refractivity contribution in [1.82, 2.24) is 4.57 Å². The number of aryl methyl sites for hydroxylation is 3. The molecule has 0 atom stereocenters. The first-order valence-corrected chi connectivity index (χ1v) is 7.94. The van der Waals surface area contributed by atoms with Crippen LogP contribution in [0.5, 0.6) is 5.75 Å². The van der Waals surface area contributed by atoms with E-state index < -0.39 is 6.26 Å². The molecule has 0 aliphatic rings. The number of aldehydes is 1. The summed E-state index contributed by atoms with van der Waals surface area (Å²) < 4.78 is 14.5. The number of aromatic nitrogens is 1. The van der Waals surface area contributed by atoms with Gasteiger partial charge in [0, 0.05) is 5.39 Å². The molecule has 124 valence electrons. The van der Waals surface area contributed by atoms with Crippen molar-refractivity contribution in [2.24, 2.45) is 0 Å². The highest BCUT2D eigenvalue weighted by atomic mass is 35.5. The van der Waals surface area contributed by atoms with Crippen LogP contribution >= 0.6 is 11.6 Å². The number of ether oxygens (including phenoxy) is 1. The average molecular weight is 346 g/mol. The molecule has 0 unspecified atom stereocenters. The number of halogens is 1. The third-order valence-electron chi connectivity index (χ3n) is 4.48. The number of carbonyl (C=O) groups is 1. The van der Waals surface area contributed by atoms with Crippen LogP contribution in [0, 0.1) is 20.8 Å². The van der Waals surface area contributed by atoms with Crippen LogP contribution in [0.2, 0.25) is 5.02 Å². The lowest BCUT2D eigenvalue weighted by atomic mass is 10.0. The standard InChI is InChI=1S/C19H18ClNO3/c1-10-7-13-15(9-11(10)2)21(5-6-22)17-16(18(13)23)12(3)8-14(20)19(17)24-4/h6-9H,5H2,1-4H3/i6T. The molecule has 24 heavy (non-hydrogen) atoms. The highest BCUT2D eigenvalue weighted by Gasteiger charge is 2.19. The van der Waals surface area contributed by atoms with E-state index in [0.717, 1.165) is 11.1 Å². The van der Waals surface area contributed by atoms with Crippen molar-refractivity contribution in [3.8, 4) is 5.75 Å². The summed E-state index contributed by atoms with van der Waals surface area (Å²) in [4.78, 5) is 24.7. The second-order valence-corrected chi connectivity index (χ2v) is 6.35. The van der Waals surface area contributed by atoms with E-state index in [-0.39, 0.29) is 12.0 Å². The van der Waals surface area contributed by atoms with Crippen molar-refractivity contribution in [2.45, 2.75) is 27.3 Å². The van der Waals surface area contributed by atoms with Gasteiger partial charge in [0.2, 0.25) is 0 Å². The Morgan fingerprint density at radius 2 is 1.88 bits per heavy atom. The summed E-state index contributed by atoms with van der Waals surface area (Å²) in [6, 6.07) is 5.38. The third kappa shape index (κ3) is 2.29. The van der Waals surface area contributed by atoms with E-state index in [1.54, 1.807) is 17.6 Å². The number of methoxy groups -OCH3 is 1. The lowest BCUT2D eigenvalue weighted by molar-refractivity contribution is -0.108. The van der Waals surface area contributed by atoms with Crippen LogP contribution in [-0.4, -0.2) is 17.9 Å². The van der Waals surface area contributed by atoms with E-state index in [9.17, 15) is 9.59 Å². The maximum atomic E-state index is 13.1.